The van der Waals surface area contributed by atoms with Gasteiger partial charge in [0.25, 0.3) is 5.56 Å². The minimum atomic E-state index is -0.340. The molecule has 2 aromatic heterocycles. The Bertz CT molecular complexity index is 1100. The zero-order valence-electron chi connectivity index (χ0n) is 14.6. The number of para-hydroxylation sites is 1. The molecule has 1 aliphatic rings. The normalized spacial score (nSPS) is 14.7. The van der Waals surface area contributed by atoms with Crippen LogP contribution in [0, 0.1) is 0 Å². The monoisotopic (exact) mass is 365 g/mol. The fraction of sp³-hybridized carbons (Fsp3) is 0.263. The molecule has 26 heavy (non-hydrogen) atoms. The molecule has 1 aliphatic heterocycles. The summed E-state index contributed by atoms with van der Waals surface area (Å²) >= 11 is 1.44. The molecular formula is C19H19N5OS. The lowest BCUT2D eigenvalue weighted by Gasteiger charge is -2.06. The summed E-state index contributed by atoms with van der Waals surface area (Å²) < 4.78 is 1.59. The van der Waals surface area contributed by atoms with E-state index in [9.17, 15) is 4.79 Å². The number of nitrogens with two attached hydrogens (primary N) is 1. The minimum absolute atomic E-state index is 0.318. The van der Waals surface area contributed by atoms with Gasteiger partial charge < -0.3 is 5.73 Å². The zero-order valence-corrected chi connectivity index (χ0v) is 15.5. The van der Waals surface area contributed by atoms with Crippen molar-refractivity contribution >= 4 is 45.7 Å². The third-order valence-electron chi connectivity index (χ3n) is 4.70. The number of nitrogens with zero attached hydrogens (tertiary/aromatic N) is 4. The van der Waals surface area contributed by atoms with Gasteiger partial charge in [-0.1, -0.05) is 43.4 Å². The molecule has 0 fully saturated rings. The van der Waals surface area contributed by atoms with Crippen molar-refractivity contribution in [3.05, 3.63) is 50.8 Å². The number of aliphatic imine (C=N–C) groups is 1. The Labute approximate surface area is 154 Å². The number of nitrogen functional groups attached to an aromatic ring is 1. The van der Waals surface area contributed by atoms with E-state index in [2.05, 4.69) is 28.9 Å². The summed E-state index contributed by atoms with van der Waals surface area (Å²) in [6, 6.07) is 7.79. The van der Waals surface area contributed by atoms with E-state index in [0.29, 0.717) is 22.3 Å². The highest BCUT2D eigenvalue weighted by Crippen LogP contribution is 2.33. The maximum absolute atomic E-state index is 12.6. The number of benzene rings is 1. The van der Waals surface area contributed by atoms with Gasteiger partial charge in [0.15, 0.2) is 0 Å². The number of rotatable bonds is 4. The summed E-state index contributed by atoms with van der Waals surface area (Å²) in [5, 5.41) is 5.58. The molecule has 0 radical (unpaired) electrons. The van der Waals surface area contributed by atoms with Crippen molar-refractivity contribution in [2.45, 2.75) is 32.6 Å². The standard InChI is InChI=1S/C19H19N5OS/c1-3-11(4-2)18-23-24-16(20)14(17(25)22-19(24)26-18)9-12-10-21-15-8-6-5-7-13(12)15/h5-11H,3-4,20H2,1-2H3/b12-9+. The Hall–Kier alpha value is -2.80. The predicted molar refractivity (Wildman–Crippen MR) is 107 cm³/mol. The van der Waals surface area contributed by atoms with Gasteiger partial charge in [0.1, 0.15) is 10.8 Å². The minimum Gasteiger partial charge on any atom is -0.383 e. The molecule has 0 atom stereocenters. The topological polar surface area (TPSA) is 85.6 Å². The number of anilines is 1. The maximum atomic E-state index is 12.6. The van der Waals surface area contributed by atoms with Crippen LogP contribution in [0.25, 0.3) is 16.6 Å². The van der Waals surface area contributed by atoms with Crippen molar-refractivity contribution in [3.8, 4) is 0 Å². The molecule has 0 amide bonds. The Morgan fingerprint density at radius 3 is 2.81 bits per heavy atom. The van der Waals surface area contributed by atoms with Crippen molar-refractivity contribution in [2.24, 2.45) is 4.99 Å². The molecule has 3 heterocycles. The number of hydrogen-bond acceptors (Lipinski definition) is 6. The van der Waals surface area contributed by atoms with Gasteiger partial charge in [0, 0.05) is 23.3 Å². The fourth-order valence-corrected chi connectivity index (χ4v) is 4.31. The summed E-state index contributed by atoms with van der Waals surface area (Å²) in [4.78, 5) is 21.7. The molecule has 4 rings (SSSR count). The molecule has 7 heteroatoms. The van der Waals surface area contributed by atoms with Gasteiger partial charge in [-0.3, -0.25) is 9.79 Å². The first kappa shape index (κ1) is 16.7. The highest BCUT2D eigenvalue weighted by atomic mass is 32.1. The SMILES string of the molecule is CCC(CC)c1nn2c(N)c(/C=C3\C=Nc4ccccc43)c(=O)nc2s1. The lowest BCUT2D eigenvalue weighted by Crippen LogP contribution is -2.16. The van der Waals surface area contributed by atoms with Gasteiger partial charge in [-0.25, -0.2) is 0 Å². The Morgan fingerprint density at radius 2 is 2.04 bits per heavy atom. The summed E-state index contributed by atoms with van der Waals surface area (Å²) in [6.45, 7) is 4.26. The Morgan fingerprint density at radius 1 is 1.27 bits per heavy atom. The van der Waals surface area contributed by atoms with Crippen molar-refractivity contribution < 1.29 is 0 Å². The van der Waals surface area contributed by atoms with Crippen LogP contribution in [-0.2, 0) is 0 Å². The van der Waals surface area contributed by atoms with E-state index in [-0.39, 0.29) is 5.56 Å². The first-order valence-corrected chi connectivity index (χ1v) is 9.48. The van der Waals surface area contributed by atoms with E-state index in [1.807, 2.05) is 24.3 Å². The molecule has 0 saturated carbocycles. The molecule has 0 aliphatic carbocycles. The van der Waals surface area contributed by atoms with E-state index in [0.717, 1.165) is 34.7 Å². The smallest absolute Gasteiger partial charge is 0.283 e. The number of fused-ring (bicyclic) bond motifs is 2. The molecule has 0 saturated heterocycles. The van der Waals surface area contributed by atoms with Gasteiger partial charge in [0.2, 0.25) is 4.96 Å². The summed E-state index contributed by atoms with van der Waals surface area (Å²) in [6.07, 6.45) is 5.48. The van der Waals surface area contributed by atoms with Gasteiger partial charge in [0.05, 0.1) is 11.3 Å². The van der Waals surface area contributed by atoms with Crippen molar-refractivity contribution in [1.82, 2.24) is 14.6 Å². The van der Waals surface area contributed by atoms with Crippen LogP contribution >= 0.6 is 11.3 Å². The van der Waals surface area contributed by atoms with Crippen LogP contribution in [0.15, 0.2) is 34.1 Å². The molecule has 0 bridgehead atoms. The van der Waals surface area contributed by atoms with Crippen LogP contribution in [0.3, 0.4) is 0 Å². The van der Waals surface area contributed by atoms with E-state index < -0.39 is 0 Å². The maximum Gasteiger partial charge on any atom is 0.283 e. The van der Waals surface area contributed by atoms with E-state index in [1.165, 1.54) is 11.3 Å². The quantitative estimate of drug-likeness (QED) is 0.760. The van der Waals surface area contributed by atoms with E-state index >= 15 is 0 Å². The second-order valence-corrected chi connectivity index (χ2v) is 7.23. The zero-order chi connectivity index (χ0) is 18.3. The number of hydrogen-bond donors (Lipinski definition) is 1. The first-order valence-electron chi connectivity index (χ1n) is 8.66. The van der Waals surface area contributed by atoms with Crippen molar-refractivity contribution in [2.75, 3.05) is 5.73 Å². The van der Waals surface area contributed by atoms with E-state index in [1.54, 1.807) is 16.8 Å². The fourth-order valence-electron chi connectivity index (χ4n) is 3.14. The van der Waals surface area contributed by atoms with Crippen LogP contribution in [0.5, 0.6) is 0 Å². The Balaban J connectivity index is 1.86. The molecule has 3 aromatic rings. The van der Waals surface area contributed by atoms with Crippen LogP contribution in [0.1, 0.15) is 48.7 Å². The van der Waals surface area contributed by atoms with Gasteiger partial charge >= 0.3 is 0 Å². The molecule has 0 spiro atoms. The summed E-state index contributed by atoms with van der Waals surface area (Å²) in [7, 11) is 0. The van der Waals surface area contributed by atoms with Gasteiger partial charge in [-0.2, -0.15) is 14.6 Å². The van der Waals surface area contributed by atoms with Crippen LogP contribution in [-0.4, -0.2) is 20.8 Å². The van der Waals surface area contributed by atoms with Crippen molar-refractivity contribution in [3.63, 3.8) is 0 Å². The third-order valence-corrected chi connectivity index (χ3v) is 5.77. The molecule has 2 N–H and O–H groups in total. The number of aromatic nitrogens is 3. The first-order chi connectivity index (χ1) is 12.6. The highest BCUT2D eigenvalue weighted by Gasteiger charge is 2.19. The lowest BCUT2D eigenvalue weighted by atomic mass is 10.1. The average Bonchev–Trinajstić information content (AvgIpc) is 3.24. The third kappa shape index (κ3) is 2.64. The van der Waals surface area contributed by atoms with Crippen LogP contribution < -0.4 is 11.3 Å². The largest absolute Gasteiger partial charge is 0.383 e. The molecule has 1 aromatic carbocycles. The van der Waals surface area contributed by atoms with Gasteiger partial charge in [-0.05, 0) is 25.0 Å². The summed E-state index contributed by atoms with van der Waals surface area (Å²) in [5.41, 5.74) is 9.01. The highest BCUT2D eigenvalue weighted by molar-refractivity contribution is 7.16. The van der Waals surface area contributed by atoms with E-state index in [4.69, 9.17) is 5.73 Å². The molecule has 0 unspecified atom stereocenters. The molecular weight excluding hydrogens is 346 g/mol. The predicted octanol–water partition coefficient (Wildman–Crippen LogP) is 3.89. The lowest BCUT2D eigenvalue weighted by molar-refractivity contribution is 0.626. The van der Waals surface area contributed by atoms with Crippen LogP contribution in [0.2, 0.25) is 0 Å². The molecule has 6 nitrogen and oxygen atoms in total. The second kappa shape index (κ2) is 6.49. The molecule has 132 valence electrons. The summed E-state index contributed by atoms with van der Waals surface area (Å²) in [5.74, 6) is 0.672. The second-order valence-electron chi connectivity index (χ2n) is 6.24. The number of allylic oxidation sites excluding steroid dienone is 1. The van der Waals surface area contributed by atoms with Crippen LogP contribution in [0.4, 0.5) is 11.5 Å². The average molecular weight is 365 g/mol. The Kier molecular flexibility index (Phi) is 4.16. The van der Waals surface area contributed by atoms with Crippen molar-refractivity contribution in [1.29, 1.82) is 0 Å². The van der Waals surface area contributed by atoms with Gasteiger partial charge in [-0.15, -0.1) is 0 Å².